The lowest BCUT2D eigenvalue weighted by molar-refractivity contribution is -0.138. The van der Waals surface area contributed by atoms with E-state index in [1.807, 2.05) is 0 Å². The highest BCUT2D eigenvalue weighted by Crippen LogP contribution is 2.02. The third-order valence-corrected chi connectivity index (χ3v) is 1.67. The number of carbonyl (C=O) groups is 2. The summed E-state index contributed by atoms with van der Waals surface area (Å²) >= 11 is 0. The summed E-state index contributed by atoms with van der Waals surface area (Å²) in [5, 5.41) is 2.68. The molecule has 0 spiro atoms. The fourth-order valence-corrected chi connectivity index (χ4v) is 0.882. The molecule has 16 heavy (non-hydrogen) atoms. The van der Waals surface area contributed by atoms with Gasteiger partial charge in [-0.2, -0.15) is 0 Å². The molecule has 0 aliphatic carbocycles. The zero-order valence-electron chi connectivity index (χ0n) is 8.89. The molecule has 86 valence electrons. The van der Waals surface area contributed by atoms with Crippen molar-refractivity contribution < 1.29 is 19.1 Å². The maximum atomic E-state index is 11.1. The van der Waals surface area contributed by atoms with Crippen molar-refractivity contribution in [3.05, 3.63) is 18.1 Å². The number of nitrogens with zero attached hydrogens (tertiary/aromatic N) is 2. The van der Waals surface area contributed by atoms with Crippen molar-refractivity contribution in [1.82, 2.24) is 9.97 Å². The molecule has 0 saturated carbocycles. The minimum atomic E-state index is -0.637. The Morgan fingerprint density at radius 1 is 1.38 bits per heavy atom. The molecular formula is C9H11N3O4. The van der Waals surface area contributed by atoms with Crippen LogP contribution in [0.25, 0.3) is 0 Å². The zero-order valence-corrected chi connectivity index (χ0v) is 8.89. The average molecular weight is 225 g/mol. The van der Waals surface area contributed by atoms with Crippen LogP contribution in [-0.4, -0.2) is 42.7 Å². The van der Waals surface area contributed by atoms with Crippen molar-refractivity contribution in [3.8, 4) is 0 Å². The van der Waals surface area contributed by atoms with Crippen molar-refractivity contribution >= 4 is 17.8 Å². The van der Waals surface area contributed by atoms with Gasteiger partial charge in [-0.15, -0.1) is 0 Å². The number of aromatic nitrogens is 2. The van der Waals surface area contributed by atoms with E-state index in [1.54, 1.807) is 0 Å². The Morgan fingerprint density at radius 3 is 2.75 bits per heavy atom. The first-order chi connectivity index (χ1) is 7.67. The van der Waals surface area contributed by atoms with Gasteiger partial charge in [0.15, 0.2) is 0 Å². The minimum absolute atomic E-state index is 0.0336. The predicted octanol–water partition coefficient (Wildman–Crippen LogP) is -0.152. The number of rotatable bonds is 4. The Balaban J connectivity index is 2.67. The van der Waals surface area contributed by atoms with E-state index in [4.69, 9.17) is 0 Å². The Morgan fingerprint density at radius 2 is 2.12 bits per heavy atom. The number of hydrogen-bond donors (Lipinski definition) is 1. The van der Waals surface area contributed by atoms with Crippen molar-refractivity contribution in [2.75, 3.05) is 26.1 Å². The van der Waals surface area contributed by atoms with Crippen LogP contribution < -0.4 is 5.32 Å². The summed E-state index contributed by atoms with van der Waals surface area (Å²) < 4.78 is 8.89. The van der Waals surface area contributed by atoms with Crippen LogP contribution in [0.15, 0.2) is 12.3 Å². The number of esters is 2. The molecule has 1 N–H and O–H groups in total. The molecule has 1 aromatic rings. The summed E-state index contributed by atoms with van der Waals surface area (Å²) in [6.45, 7) is -0.0336. The molecule has 0 aromatic carbocycles. The molecule has 1 heterocycles. The summed E-state index contributed by atoms with van der Waals surface area (Å²) in [6, 6.07) is 1.52. The van der Waals surface area contributed by atoms with Crippen molar-refractivity contribution in [2.24, 2.45) is 0 Å². The molecule has 0 amide bonds. The average Bonchev–Trinajstić information content (AvgIpc) is 2.35. The normalized spacial score (nSPS) is 9.38. The Labute approximate surface area is 91.8 Å². The number of ether oxygens (including phenoxy) is 2. The maximum Gasteiger partial charge on any atom is 0.376 e. The van der Waals surface area contributed by atoms with Gasteiger partial charge in [0.05, 0.1) is 14.2 Å². The van der Waals surface area contributed by atoms with Gasteiger partial charge in [0.2, 0.25) is 5.82 Å². The largest absolute Gasteiger partial charge is 0.468 e. The summed E-state index contributed by atoms with van der Waals surface area (Å²) in [5.74, 6) is -0.793. The quantitative estimate of drug-likeness (QED) is 0.712. The molecule has 0 atom stereocenters. The maximum absolute atomic E-state index is 11.1. The van der Waals surface area contributed by atoms with E-state index in [1.165, 1.54) is 26.5 Å². The molecule has 7 nitrogen and oxygen atoms in total. The molecule has 0 radical (unpaired) electrons. The first-order valence-electron chi connectivity index (χ1n) is 4.39. The lowest BCUT2D eigenvalue weighted by Gasteiger charge is -2.04. The lowest BCUT2D eigenvalue weighted by Crippen LogP contribution is -2.17. The zero-order chi connectivity index (χ0) is 12.0. The summed E-state index contributed by atoms with van der Waals surface area (Å²) in [6.07, 6.45) is 1.39. The predicted molar refractivity (Wildman–Crippen MR) is 53.9 cm³/mol. The Bertz CT molecular complexity index is 394. The van der Waals surface area contributed by atoms with Crippen LogP contribution >= 0.6 is 0 Å². The Hall–Kier alpha value is -2.18. The summed E-state index contributed by atoms with van der Waals surface area (Å²) in [4.78, 5) is 29.5. The number of carbonyl (C=O) groups excluding carboxylic acids is 2. The molecule has 0 aliphatic rings. The van der Waals surface area contributed by atoms with Gasteiger partial charge in [0.1, 0.15) is 12.4 Å². The van der Waals surface area contributed by atoms with Crippen molar-refractivity contribution in [3.63, 3.8) is 0 Å². The molecule has 7 heteroatoms. The highest BCUT2D eigenvalue weighted by Gasteiger charge is 2.09. The third kappa shape index (κ3) is 3.19. The van der Waals surface area contributed by atoms with E-state index in [0.29, 0.717) is 5.82 Å². The van der Waals surface area contributed by atoms with Crippen molar-refractivity contribution in [1.29, 1.82) is 0 Å². The molecule has 1 rings (SSSR count). The first-order valence-corrected chi connectivity index (χ1v) is 4.39. The molecule has 0 fully saturated rings. The topological polar surface area (TPSA) is 90.4 Å². The molecule has 0 saturated heterocycles. The van der Waals surface area contributed by atoms with Crippen LogP contribution in [0.3, 0.4) is 0 Å². The van der Waals surface area contributed by atoms with Crippen LogP contribution in [0.2, 0.25) is 0 Å². The van der Waals surface area contributed by atoms with Gasteiger partial charge < -0.3 is 14.8 Å². The smallest absolute Gasteiger partial charge is 0.376 e. The SMILES string of the molecule is COC(=O)CNc1ccnc(C(=O)OC)n1. The fourth-order valence-electron chi connectivity index (χ4n) is 0.882. The van der Waals surface area contributed by atoms with Crippen molar-refractivity contribution in [2.45, 2.75) is 0 Å². The molecule has 0 aliphatic heterocycles. The van der Waals surface area contributed by atoms with E-state index in [0.717, 1.165) is 0 Å². The third-order valence-electron chi connectivity index (χ3n) is 1.67. The molecule has 0 bridgehead atoms. The standard InChI is InChI=1S/C9H11N3O4/c1-15-7(13)5-11-6-3-4-10-8(12-6)9(14)16-2/h3-4H,5H2,1-2H3,(H,10,11,12). The highest BCUT2D eigenvalue weighted by atomic mass is 16.5. The highest BCUT2D eigenvalue weighted by molar-refractivity contribution is 5.85. The van der Waals surface area contributed by atoms with E-state index in [2.05, 4.69) is 24.8 Å². The fraction of sp³-hybridized carbons (Fsp3) is 0.333. The Kier molecular flexibility index (Phi) is 4.19. The van der Waals surface area contributed by atoms with Crippen LogP contribution in [0, 0.1) is 0 Å². The second kappa shape index (κ2) is 5.64. The van der Waals surface area contributed by atoms with Gasteiger partial charge in [-0.05, 0) is 6.07 Å². The van der Waals surface area contributed by atoms with E-state index in [-0.39, 0.29) is 12.4 Å². The van der Waals surface area contributed by atoms with E-state index in [9.17, 15) is 9.59 Å². The number of methoxy groups -OCH3 is 2. The van der Waals surface area contributed by atoms with Gasteiger partial charge in [-0.25, -0.2) is 14.8 Å². The first kappa shape index (κ1) is 11.9. The molecular weight excluding hydrogens is 214 g/mol. The summed E-state index contributed by atoms with van der Waals surface area (Å²) in [5.41, 5.74) is 0. The van der Waals surface area contributed by atoms with E-state index < -0.39 is 11.9 Å². The monoisotopic (exact) mass is 225 g/mol. The molecule has 0 unspecified atom stereocenters. The molecule has 1 aromatic heterocycles. The van der Waals surface area contributed by atoms with Crippen LogP contribution in [-0.2, 0) is 14.3 Å². The number of nitrogens with one attached hydrogen (secondary N) is 1. The van der Waals surface area contributed by atoms with E-state index >= 15 is 0 Å². The van der Waals surface area contributed by atoms with Gasteiger partial charge >= 0.3 is 11.9 Å². The lowest BCUT2D eigenvalue weighted by atomic mass is 10.5. The van der Waals surface area contributed by atoms with Crippen LogP contribution in [0.1, 0.15) is 10.6 Å². The van der Waals surface area contributed by atoms with Gasteiger partial charge in [-0.3, -0.25) is 4.79 Å². The second-order valence-electron chi connectivity index (χ2n) is 2.69. The van der Waals surface area contributed by atoms with Crippen LogP contribution in [0.5, 0.6) is 0 Å². The van der Waals surface area contributed by atoms with Crippen LogP contribution in [0.4, 0.5) is 5.82 Å². The second-order valence-corrected chi connectivity index (χ2v) is 2.69. The number of hydrogen-bond acceptors (Lipinski definition) is 7. The minimum Gasteiger partial charge on any atom is -0.468 e. The van der Waals surface area contributed by atoms with Gasteiger partial charge in [-0.1, -0.05) is 0 Å². The van der Waals surface area contributed by atoms with Gasteiger partial charge in [0.25, 0.3) is 0 Å². The summed E-state index contributed by atoms with van der Waals surface area (Å²) in [7, 11) is 2.52. The van der Waals surface area contributed by atoms with Gasteiger partial charge in [0, 0.05) is 6.20 Å². The number of anilines is 1.